The molecule has 0 saturated heterocycles. The standard InChI is InChI=1S/C14H22N2/c1-13(2,3)11-7-9-12(10-8-11)15-16-14(4,5)6/h7-10H,1-6H3. The van der Waals surface area contributed by atoms with Gasteiger partial charge in [-0.3, -0.25) is 0 Å². The van der Waals surface area contributed by atoms with Crippen LogP contribution in [0.3, 0.4) is 0 Å². The lowest BCUT2D eigenvalue weighted by Gasteiger charge is -2.18. The number of benzene rings is 1. The molecule has 0 N–H and O–H groups in total. The summed E-state index contributed by atoms with van der Waals surface area (Å²) in [6.07, 6.45) is 0. The molecule has 0 atom stereocenters. The zero-order valence-corrected chi connectivity index (χ0v) is 11.2. The van der Waals surface area contributed by atoms with Crippen LogP contribution in [0.4, 0.5) is 5.69 Å². The Bertz CT molecular complexity index is 361. The van der Waals surface area contributed by atoms with Crippen molar-refractivity contribution in [2.24, 2.45) is 10.2 Å². The van der Waals surface area contributed by atoms with E-state index in [0.29, 0.717) is 0 Å². The fourth-order valence-electron chi connectivity index (χ4n) is 1.24. The van der Waals surface area contributed by atoms with Crippen LogP contribution in [0.15, 0.2) is 34.5 Å². The molecular weight excluding hydrogens is 196 g/mol. The Morgan fingerprint density at radius 1 is 0.812 bits per heavy atom. The lowest BCUT2D eigenvalue weighted by atomic mass is 9.87. The second kappa shape index (κ2) is 4.36. The van der Waals surface area contributed by atoms with Crippen molar-refractivity contribution in [1.82, 2.24) is 0 Å². The van der Waals surface area contributed by atoms with Crippen molar-refractivity contribution in [2.45, 2.75) is 52.5 Å². The second-order valence-corrected chi connectivity index (χ2v) is 6.17. The van der Waals surface area contributed by atoms with Crippen LogP contribution in [0, 0.1) is 0 Å². The number of nitrogens with zero attached hydrogens (tertiary/aromatic N) is 2. The average molecular weight is 218 g/mol. The zero-order valence-electron chi connectivity index (χ0n) is 11.2. The van der Waals surface area contributed by atoms with Gasteiger partial charge in [-0.2, -0.15) is 10.2 Å². The maximum atomic E-state index is 4.24. The molecule has 1 rings (SSSR count). The van der Waals surface area contributed by atoms with Crippen molar-refractivity contribution in [3.8, 4) is 0 Å². The van der Waals surface area contributed by atoms with Crippen LogP contribution in [-0.4, -0.2) is 5.54 Å². The molecule has 0 aliphatic heterocycles. The first-order chi connectivity index (χ1) is 7.18. The van der Waals surface area contributed by atoms with Crippen LogP contribution in [0.5, 0.6) is 0 Å². The third-order valence-corrected chi connectivity index (χ3v) is 2.20. The predicted octanol–water partition coefficient (Wildman–Crippen LogP) is 4.87. The largest absolute Gasteiger partial charge is 0.183 e. The van der Waals surface area contributed by atoms with Gasteiger partial charge in [0, 0.05) is 0 Å². The zero-order chi connectivity index (χ0) is 12.4. The minimum Gasteiger partial charge on any atom is -0.183 e. The molecule has 0 heterocycles. The smallest absolute Gasteiger partial charge is 0.0852 e. The van der Waals surface area contributed by atoms with E-state index < -0.39 is 0 Å². The molecule has 0 aliphatic rings. The van der Waals surface area contributed by atoms with Crippen LogP contribution in [-0.2, 0) is 5.41 Å². The van der Waals surface area contributed by atoms with Gasteiger partial charge in [0.1, 0.15) is 0 Å². The summed E-state index contributed by atoms with van der Waals surface area (Å²) in [6.45, 7) is 12.7. The summed E-state index contributed by atoms with van der Waals surface area (Å²) < 4.78 is 0. The third-order valence-electron chi connectivity index (χ3n) is 2.20. The third kappa shape index (κ3) is 4.13. The fraction of sp³-hybridized carbons (Fsp3) is 0.571. The van der Waals surface area contributed by atoms with Gasteiger partial charge in [-0.25, -0.2) is 0 Å². The van der Waals surface area contributed by atoms with Crippen molar-refractivity contribution in [3.63, 3.8) is 0 Å². The molecular formula is C14H22N2. The monoisotopic (exact) mass is 218 g/mol. The van der Waals surface area contributed by atoms with Gasteiger partial charge in [0.25, 0.3) is 0 Å². The summed E-state index contributed by atoms with van der Waals surface area (Å²) in [7, 11) is 0. The number of azo groups is 1. The first-order valence-electron chi connectivity index (χ1n) is 5.72. The van der Waals surface area contributed by atoms with E-state index in [2.05, 4.69) is 43.1 Å². The lowest BCUT2D eigenvalue weighted by Crippen LogP contribution is -2.10. The Balaban J connectivity index is 2.85. The first-order valence-corrected chi connectivity index (χ1v) is 5.72. The first kappa shape index (κ1) is 12.9. The molecule has 0 bridgehead atoms. The van der Waals surface area contributed by atoms with Crippen LogP contribution < -0.4 is 0 Å². The molecule has 0 saturated carbocycles. The van der Waals surface area contributed by atoms with Crippen LogP contribution in [0.25, 0.3) is 0 Å². The van der Waals surface area contributed by atoms with E-state index in [0.717, 1.165) is 5.69 Å². The lowest BCUT2D eigenvalue weighted by molar-refractivity contribution is 0.552. The van der Waals surface area contributed by atoms with E-state index >= 15 is 0 Å². The SMILES string of the molecule is CC(C)(C)N=Nc1ccc(C(C)(C)C)cc1. The normalized spacial score (nSPS) is 13.4. The van der Waals surface area contributed by atoms with Gasteiger partial charge >= 0.3 is 0 Å². The van der Waals surface area contributed by atoms with Gasteiger partial charge < -0.3 is 0 Å². The maximum Gasteiger partial charge on any atom is 0.0852 e. The number of rotatable bonds is 1. The number of hydrogen-bond donors (Lipinski definition) is 0. The van der Waals surface area contributed by atoms with Crippen molar-refractivity contribution >= 4 is 5.69 Å². The summed E-state index contributed by atoms with van der Waals surface area (Å²) in [4.78, 5) is 0. The molecule has 0 unspecified atom stereocenters. The molecule has 0 fully saturated rings. The van der Waals surface area contributed by atoms with Gasteiger partial charge in [0.15, 0.2) is 0 Å². The van der Waals surface area contributed by atoms with E-state index in [-0.39, 0.29) is 11.0 Å². The highest BCUT2D eigenvalue weighted by Crippen LogP contribution is 2.25. The van der Waals surface area contributed by atoms with Crippen LogP contribution >= 0.6 is 0 Å². The predicted molar refractivity (Wildman–Crippen MR) is 69.4 cm³/mol. The van der Waals surface area contributed by atoms with Gasteiger partial charge in [0.05, 0.1) is 11.2 Å². The molecule has 1 aromatic rings. The summed E-state index contributed by atoms with van der Waals surface area (Å²) in [5, 5.41) is 8.47. The molecule has 0 spiro atoms. The van der Waals surface area contributed by atoms with Gasteiger partial charge in [-0.05, 0) is 43.9 Å². The summed E-state index contributed by atoms with van der Waals surface area (Å²) in [5.41, 5.74) is 2.33. The summed E-state index contributed by atoms with van der Waals surface area (Å²) in [6, 6.07) is 8.29. The molecule has 16 heavy (non-hydrogen) atoms. The Kier molecular flexibility index (Phi) is 3.51. The highest BCUT2D eigenvalue weighted by molar-refractivity contribution is 5.40. The molecule has 2 heteroatoms. The summed E-state index contributed by atoms with van der Waals surface area (Å²) in [5.74, 6) is 0. The fourth-order valence-corrected chi connectivity index (χ4v) is 1.24. The highest BCUT2D eigenvalue weighted by atomic mass is 15.1. The topological polar surface area (TPSA) is 24.7 Å². The Labute approximate surface area is 98.8 Å². The molecule has 0 radical (unpaired) electrons. The molecule has 0 amide bonds. The molecule has 88 valence electrons. The summed E-state index contributed by atoms with van der Waals surface area (Å²) >= 11 is 0. The van der Waals surface area contributed by atoms with E-state index in [1.165, 1.54) is 5.56 Å². The number of hydrogen-bond acceptors (Lipinski definition) is 2. The Morgan fingerprint density at radius 2 is 1.31 bits per heavy atom. The van der Waals surface area contributed by atoms with Crippen molar-refractivity contribution in [3.05, 3.63) is 29.8 Å². The minimum absolute atomic E-state index is 0.108. The van der Waals surface area contributed by atoms with E-state index in [9.17, 15) is 0 Å². The Hall–Kier alpha value is -1.18. The van der Waals surface area contributed by atoms with Crippen molar-refractivity contribution in [2.75, 3.05) is 0 Å². The van der Waals surface area contributed by atoms with Crippen molar-refractivity contribution in [1.29, 1.82) is 0 Å². The van der Waals surface area contributed by atoms with Crippen LogP contribution in [0.1, 0.15) is 47.1 Å². The minimum atomic E-state index is -0.108. The highest BCUT2D eigenvalue weighted by Gasteiger charge is 2.12. The van der Waals surface area contributed by atoms with E-state index in [4.69, 9.17) is 0 Å². The molecule has 1 aromatic carbocycles. The van der Waals surface area contributed by atoms with Crippen LogP contribution in [0.2, 0.25) is 0 Å². The van der Waals surface area contributed by atoms with Gasteiger partial charge in [-0.1, -0.05) is 32.9 Å². The maximum absolute atomic E-state index is 4.24. The quantitative estimate of drug-likeness (QED) is 0.601. The average Bonchev–Trinajstić information content (AvgIpc) is 2.13. The molecule has 2 nitrogen and oxygen atoms in total. The van der Waals surface area contributed by atoms with E-state index in [1.54, 1.807) is 0 Å². The molecule has 0 aromatic heterocycles. The second-order valence-electron chi connectivity index (χ2n) is 6.17. The van der Waals surface area contributed by atoms with Crippen molar-refractivity contribution < 1.29 is 0 Å². The Morgan fingerprint density at radius 3 is 1.69 bits per heavy atom. The molecule has 0 aliphatic carbocycles. The van der Waals surface area contributed by atoms with E-state index in [1.807, 2.05) is 32.9 Å². The van der Waals surface area contributed by atoms with Gasteiger partial charge in [-0.15, -0.1) is 0 Å². The van der Waals surface area contributed by atoms with Gasteiger partial charge in [0.2, 0.25) is 0 Å².